The van der Waals surface area contributed by atoms with E-state index in [0.29, 0.717) is 0 Å². The monoisotopic (exact) mass is 354 g/mol. The van der Waals surface area contributed by atoms with Crippen LogP contribution in [0.4, 0.5) is 0 Å². The Labute approximate surface area is 164 Å². The molecule has 0 aliphatic heterocycles. The average molecular weight is 355 g/mol. The summed E-state index contributed by atoms with van der Waals surface area (Å²) in [6.07, 6.45) is 0. The predicted octanol–water partition coefficient (Wildman–Crippen LogP) is 9.25. The van der Waals surface area contributed by atoms with E-state index >= 15 is 0 Å². The molecule has 0 atom stereocenters. The van der Waals surface area contributed by atoms with Crippen LogP contribution in [0.3, 0.4) is 0 Å². The second kappa shape index (κ2) is 22.9. The van der Waals surface area contributed by atoms with Crippen molar-refractivity contribution in [3.05, 3.63) is 83.9 Å². The first-order valence-corrected chi connectivity index (χ1v) is 10.2. The van der Waals surface area contributed by atoms with E-state index in [1.54, 1.807) is 0 Å². The molecule has 146 valence electrons. The van der Waals surface area contributed by atoms with Crippen LogP contribution in [-0.4, -0.2) is 0 Å². The number of hydrogen-bond donors (Lipinski definition) is 0. The highest BCUT2D eigenvalue weighted by atomic mass is 14.0. The first-order valence-electron chi connectivity index (χ1n) is 10.2. The van der Waals surface area contributed by atoms with Gasteiger partial charge in [-0.25, -0.2) is 0 Å². The molecular formula is C26H42. The van der Waals surface area contributed by atoms with Crippen LogP contribution in [0.2, 0.25) is 0 Å². The maximum atomic E-state index is 2.16. The van der Waals surface area contributed by atoms with Crippen LogP contribution >= 0.6 is 0 Å². The molecule has 0 aromatic heterocycles. The fourth-order valence-electron chi connectivity index (χ4n) is 1.92. The predicted molar refractivity (Wildman–Crippen MR) is 125 cm³/mol. The van der Waals surface area contributed by atoms with Crippen molar-refractivity contribution in [2.45, 2.75) is 69.2 Å². The maximum absolute atomic E-state index is 2.16. The number of benzene rings is 3. The van der Waals surface area contributed by atoms with Crippen LogP contribution in [-0.2, 0) is 0 Å². The maximum Gasteiger partial charge on any atom is -0.0155 e. The van der Waals surface area contributed by atoms with E-state index < -0.39 is 0 Å². The largest absolute Gasteiger partial charge is 0.0683 e. The van der Waals surface area contributed by atoms with Gasteiger partial charge in [-0.05, 0) is 30.2 Å². The minimum atomic E-state index is 1.32. The van der Waals surface area contributed by atoms with E-state index in [0.717, 1.165) is 0 Å². The van der Waals surface area contributed by atoms with E-state index in [2.05, 4.69) is 68.4 Å². The molecule has 0 saturated carbocycles. The van der Waals surface area contributed by atoms with Crippen LogP contribution in [0.5, 0.6) is 0 Å². The molecular weight excluding hydrogens is 312 g/mol. The van der Waals surface area contributed by atoms with Crippen molar-refractivity contribution >= 4 is 10.8 Å². The normalized spacial score (nSPS) is 7.62. The van der Waals surface area contributed by atoms with Gasteiger partial charge in [0.1, 0.15) is 0 Å². The highest BCUT2D eigenvalue weighted by molar-refractivity contribution is 5.85. The Hall–Kier alpha value is -2.08. The first-order chi connectivity index (χ1) is 12.8. The Morgan fingerprint density at radius 1 is 0.423 bits per heavy atom. The number of hydrogen-bond acceptors (Lipinski definition) is 0. The zero-order chi connectivity index (χ0) is 20.8. The third kappa shape index (κ3) is 13.2. The summed E-state index contributed by atoms with van der Waals surface area (Å²) in [4.78, 5) is 0. The van der Waals surface area contributed by atoms with E-state index in [-0.39, 0.29) is 0 Å². The molecule has 0 fully saturated rings. The topological polar surface area (TPSA) is 0 Å². The molecule has 3 aromatic rings. The van der Waals surface area contributed by atoms with Crippen molar-refractivity contribution in [3.8, 4) is 0 Å². The molecule has 0 saturated heterocycles. The van der Waals surface area contributed by atoms with Crippen molar-refractivity contribution in [3.63, 3.8) is 0 Å². The van der Waals surface area contributed by atoms with Crippen molar-refractivity contribution in [2.24, 2.45) is 0 Å². The van der Waals surface area contributed by atoms with Gasteiger partial charge in [-0.15, -0.1) is 0 Å². The van der Waals surface area contributed by atoms with Crippen LogP contribution in [0.1, 0.15) is 66.5 Å². The second-order valence-electron chi connectivity index (χ2n) is 4.45. The lowest BCUT2D eigenvalue weighted by Crippen LogP contribution is -1.75. The lowest BCUT2D eigenvalue weighted by molar-refractivity contribution is 1.48. The van der Waals surface area contributed by atoms with Gasteiger partial charge in [0.15, 0.2) is 0 Å². The Kier molecular flexibility index (Phi) is 25.3. The average Bonchev–Trinajstić information content (AvgIpc) is 2.75. The Morgan fingerprint density at radius 3 is 1.27 bits per heavy atom. The highest BCUT2D eigenvalue weighted by Crippen LogP contribution is 2.16. The van der Waals surface area contributed by atoms with Crippen LogP contribution < -0.4 is 0 Å². The summed E-state index contributed by atoms with van der Waals surface area (Å²) in [5.74, 6) is 0. The summed E-state index contributed by atoms with van der Waals surface area (Å²) in [6.45, 7) is 20.2. The van der Waals surface area contributed by atoms with Crippen molar-refractivity contribution in [1.82, 2.24) is 0 Å². The quantitative estimate of drug-likeness (QED) is 0.377. The zero-order valence-corrected chi connectivity index (χ0v) is 18.9. The Balaban J connectivity index is -0.000000307. The fraction of sp³-hybridized carbons (Fsp3) is 0.385. The smallest absolute Gasteiger partial charge is 0.0155 e. The Bertz CT molecular complexity index is 604. The number of rotatable bonds is 0. The molecule has 3 aromatic carbocycles. The van der Waals surface area contributed by atoms with Crippen molar-refractivity contribution in [1.29, 1.82) is 0 Å². The minimum Gasteiger partial charge on any atom is -0.0683 e. The van der Waals surface area contributed by atoms with Gasteiger partial charge < -0.3 is 0 Å². The summed E-state index contributed by atoms with van der Waals surface area (Å²) >= 11 is 0. The van der Waals surface area contributed by atoms with Crippen molar-refractivity contribution < 1.29 is 0 Å². The van der Waals surface area contributed by atoms with Gasteiger partial charge in [-0.2, -0.15) is 0 Å². The van der Waals surface area contributed by atoms with E-state index in [1.165, 1.54) is 21.9 Å². The summed E-state index contributed by atoms with van der Waals surface area (Å²) in [5.41, 5.74) is 2.67. The first kappa shape index (κ1) is 28.7. The number of aryl methyl sites for hydroxylation is 2. The molecule has 0 spiro atoms. The molecule has 0 unspecified atom stereocenters. The molecule has 0 radical (unpaired) electrons. The third-order valence-electron chi connectivity index (χ3n) is 2.95. The van der Waals surface area contributed by atoms with E-state index in [9.17, 15) is 0 Å². The molecule has 3 rings (SSSR count). The molecule has 0 aliphatic carbocycles. The molecule has 0 nitrogen and oxygen atoms in total. The van der Waals surface area contributed by atoms with Gasteiger partial charge in [0.25, 0.3) is 0 Å². The molecule has 0 amide bonds. The summed E-state index contributed by atoms with van der Waals surface area (Å²) in [7, 11) is 0. The van der Waals surface area contributed by atoms with Gasteiger partial charge in [0, 0.05) is 0 Å². The molecule has 0 aliphatic rings. The standard InChI is InChI=1S/C11H10.C7H8.4C2H6/c1-9-5-4-7-10-6-2-3-8-11(9)10;1-7-5-3-2-4-6-7;4*1-2/h2-8H,1H3;2-6H,1H3;4*1-2H3. The van der Waals surface area contributed by atoms with Crippen LogP contribution in [0.25, 0.3) is 10.8 Å². The fourth-order valence-corrected chi connectivity index (χ4v) is 1.92. The SMILES string of the molecule is CC.CC.CC.CC.Cc1cccc2ccccc12.Cc1ccccc1. The minimum absolute atomic E-state index is 1.32. The highest BCUT2D eigenvalue weighted by Gasteiger charge is 1.92. The lowest BCUT2D eigenvalue weighted by Gasteiger charge is -1.98. The molecule has 0 heteroatoms. The van der Waals surface area contributed by atoms with Crippen LogP contribution in [0.15, 0.2) is 72.8 Å². The lowest BCUT2D eigenvalue weighted by atomic mass is 10.1. The number of fused-ring (bicyclic) bond motifs is 1. The molecule has 0 bridgehead atoms. The zero-order valence-electron chi connectivity index (χ0n) is 18.9. The second-order valence-corrected chi connectivity index (χ2v) is 4.45. The summed E-state index contributed by atoms with van der Waals surface area (Å²) < 4.78 is 0. The van der Waals surface area contributed by atoms with Crippen molar-refractivity contribution in [2.75, 3.05) is 0 Å². The van der Waals surface area contributed by atoms with Gasteiger partial charge in [0.05, 0.1) is 0 Å². The molecule has 0 heterocycles. The van der Waals surface area contributed by atoms with Crippen LogP contribution in [0, 0.1) is 13.8 Å². The summed E-state index contributed by atoms with van der Waals surface area (Å²) in [5, 5.41) is 2.68. The van der Waals surface area contributed by atoms with E-state index in [4.69, 9.17) is 0 Å². The van der Waals surface area contributed by atoms with Gasteiger partial charge >= 0.3 is 0 Å². The summed E-state index contributed by atoms with van der Waals surface area (Å²) in [6, 6.07) is 25.1. The van der Waals surface area contributed by atoms with E-state index in [1.807, 2.05) is 73.6 Å². The molecule has 26 heavy (non-hydrogen) atoms. The molecule has 0 N–H and O–H groups in total. The van der Waals surface area contributed by atoms with Gasteiger partial charge in [-0.1, -0.05) is 134 Å². The Morgan fingerprint density at radius 2 is 0.846 bits per heavy atom. The third-order valence-corrected chi connectivity index (χ3v) is 2.95. The van der Waals surface area contributed by atoms with Gasteiger partial charge in [-0.3, -0.25) is 0 Å². The van der Waals surface area contributed by atoms with Gasteiger partial charge in [0.2, 0.25) is 0 Å².